The van der Waals surface area contributed by atoms with Gasteiger partial charge in [0.15, 0.2) is 0 Å². The summed E-state index contributed by atoms with van der Waals surface area (Å²) in [6.07, 6.45) is 4.97. The molecule has 0 radical (unpaired) electrons. The molecule has 0 aromatic carbocycles. The molecule has 0 atom stereocenters. The van der Waals surface area contributed by atoms with Crippen LogP contribution in [0.25, 0.3) is 0 Å². The van der Waals surface area contributed by atoms with Gasteiger partial charge in [-0.1, -0.05) is 50.7 Å². The molecule has 4 heteroatoms. The normalized spacial score (nSPS) is 9.08. The molecule has 0 fully saturated rings. The van der Waals surface area contributed by atoms with E-state index in [0.717, 1.165) is 16.6 Å². The van der Waals surface area contributed by atoms with Crippen molar-refractivity contribution < 1.29 is 21.7 Å². The summed E-state index contributed by atoms with van der Waals surface area (Å²) in [6, 6.07) is 0. The summed E-state index contributed by atoms with van der Waals surface area (Å²) in [5.74, 6) is 1.16. The van der Waals surface area contributed by atoms with Gasteiger partial charge in [0.05, 0.1) is 0 Å². The van der Waals surface area contributed by atoms with Crippen LogP contribution >= 0.6 is 24.0 Å². The second-order valence-corrected chi connectivity index (χ2v) is 4.54. The molecule has 1 N–H and O–H groups in total. The van der Waals surface area contributed by atoms with Crippen molar-refractivity contribution in [1.29, 1.82) is 0 Å². The third kappa shape index (κ3) is 13.0. The van der Waals surface area contributed by atoms with Crippen LogP contribution in [0.5, 0.6) is 0 Å². The zero-order valence-electron chi connectivity index (χ0n) is 8.56. The number of rotatable bonds is 6. The van der Waals surface area contributed by atoms with Crippen LogP contribution in [0.4, 0.5) is 0 Å². The molecule has 0 unspecified atom stereocenters. The van der Waals surface area contributed by atoms with E-state index in [2.05, 4.69) is 19.2 Å². The van der Waals surface area contributed by atoms with Gasteiger partial charge in [-0.15, -0.1) is 0 Å². The van der Waals surface area contributed by atoms with Gasteiger partial charge in [0, 0.05) is 34.0 Å². The van der Waals surface area contributed by atoms with Crippen molar-refractivity contribution in [3.63, 3.8) is 0 Å². The van der Waals surface area contributed by atoms with Crippen molar-refractivity contribution >= 4 is 28.3 Å². The molecule has 0 aliphatic rings. The largest absolute Gasteiger partial charge is 0.371 e. The van der Waals surface area contributed by atoms with Crippen molar-refractivity contribution in [2.75, 3.05) is 12.3 Å². The third-order valence-corrected chi connectivity index (χ3v) is 2.93. The number of thiocarbonyl (C=S) groups is 1. The summed E-state index contributed by atoms with van der Waals surface area (Å²) in [5, 5.41) is 3.24. The summed E-state index contributed by atoms with van der Waals surface area (Å²) in [7, 11) is 0. The van der Waals surface area contributed by atoms with E-state index in [1.807, 2.05) is 0 Å². The van der Waals surface area contributed by atoms with E-state index in [-0.39, 0.29) is 21.7 Å². The summed E-state index contributed by atoms with van der Waals surface area (Å²) in [6.45, 7) is 5.43. The van der Waals surface area contributed by atoms with E-state index < -0.39 is 0 Å². The predicted molar refractivity (Wildman–Crippen MR) is 62.9 cm³/mol. The van der Waals surface area contributed by atoms with Crippen LogP contribution in [-0.4, -0.2) is 16.6 Å². The molecule has 13 heavy (non-hydrogen) atoms. The fraction of sp³-hybridized carbons (Fsp3) is 0.889. The minimum Gasteiger partial charge on any atom is -0.371 e. The van der Waals surface area contributed by atoms with Gasteiger partial charge in [-0.3, -0.25) is 0 Å². The maximum atomic E-state index is 5.13. The molecule has 0 saturated heterocycles. The molecular formula is C9H19NS2Ti. The number of hydrogen-bond donors (Lipinski definition) is 1. The van der Waals surface area contributed by atoms with Gasteiger partial charge in [-0.2, -0.15) is 0 Å². The Morgan fingerprint density at radius 3 is 2.38 bits per heavy atom. The second kappa shape index (κ2) is 13.0. The Morgan fingerprint density at radius 1 is 1.23 bits per heavy atom. The van der Waals surface area contributed by atoms with Crippen LogP contribution in [-0.2, 0) is 21.7 Å². The van der Waals surface area contributed by atoms with Crippen LogP contribution in [0, 0.1) is 0 Å². The third-order valence-electron chi connectivity index (χ3n) is 1.53. The molecular weight excluding hydrogens is 234 g/mol. The molecule has 0 aliphatic carbocycles. The van der Waals surface area contributed by atoms with Gasteiger partial charge in [0.2, 0.25) is 0 Å². The topological polar surface area (TPSA) is 12.0 Å². The zero-order chi connectivity index (χ0) is 9.23. The van der Waals surface area contributed by atoms with Crippen LogP contribution < -0.4 is 5.32 Å². The number of nitrogens with one attached hydrogen (secondary N) is 1. The minimum absolute atomic E-state index is 0. The van der Waals surface area contributed by atoms with E-state index in [1.165, 1.54) is 25.7 Å². The van der Waals surface area contributed by atoms with Crippen LogP contribution in [0.3, 0.4) is 0 Å². The standard InChI is InChI=1S/C9H19NS2.Ti/c1-3-5-7-10-9(11)12-8-6-4-2;/h3-8H2,1-2H3,(H,10,11);. The van der Waals surface area contributed by atoms with Crippen LogP contribution in [0.15, 0.2) is 0 Å². The fourth-order valence-corrected chi connectivity index (χ4v) is 1.90. The maximum Gasteiger partial charge on any atom is 0.133 e. The monoisotopic (exact) mass is 253 g/mol. The number of unbranched alkanes of at least 4 members (excludes halogenated alkanes) is 2. The van der Waals surface area contributed by atoms with E-state index in [4.69, 9.17) is 12.2 Å². The van der Waals surface area contributed by atoms with E-state index in [1.54, 1.807) is 11.8 Å². The van der Waals surface area contributed by atoms with Crippen LogP contribution in [0.2, 0.25) is 0 Å². The average Bonchev–Trinajstić information content (AvgIpc) is 2.06. The molecule has 76 valence electrons. The first kappa shape index (κ1) is 16.4. The fourth-order valence-electron chi connectivity index (χ4n) is 0.727. The minimum atomic E-state index is 0. The Balaban J connectivity index is 0. The molecule has 0 rings (SSSR count). The van der Waals surface area contributed by atoms with Gasteiger partial charge < -0.3 is 5.32 Å². The molecule has 0 amide bonds. The van der Waals surface area contributed by atoms with Crippen molar-refractivity contribution in [2.24, 2.45) is 0 Å². The predicted octanol–water partition coefficient (Wildman–Crippen LogP) is 3.19. The van der Waals surface area contributed by atoms with E-state index in [0.29, 0.717) is 0 Å². The zero-order valence-corrected chi connectivity index (χ0v) is 11.8. The van der Waals surface area contributed by atoms with Gasteiger partial charge in [0.25, 0.3) is 0 Å². The molecule has 0 spiro atoms. The van der Waals surface area contributed by atoms with Gasteiger partial charge in [-0.05, 0) is 12.8 Å². The molecule has 0 heterocycles. The van der Waals surface area contributed by atoms with Crippen molar-refractivity contribution in [3.05, 3.63) is 0 Å². The van der Waals surface area contributed by atoms with Crippen molar-refractivity contribution in [2.45, 2.75) is 39.5 Å². The molecule has 1 nitrogen and oxygen atoms in total. The number of thioether (sulfide) groups is 1. The Labute approximate surface area is 107 Å². The summed E-state index contributed by atoms with van der Waals surface area (Å²) in [5.41, 5.74) is 0. The van der Waals surface area contributed by atoms with Crippen molar-refractivity contribution in [3.8, 4) is 0 Å². The maximum absolute atomic E-state index is 5.13. The summed E-state index contributed by atoms with van der Waals surface area (Å²) in [4.78, 5) is 0. The SMILES string of the molecule is CCCCNC(=S)SCCCC.[Ti]. The first-order valence-corrected chi connectivity index (χ1v) is 6.11. The molecule has 0 aliphatic heterocycles. The van der Waals surface area contributed by atoms with Crippen molar-refractivity contribution in [1.82, 2.24) is 5.32 Å². The van der Waals surface area contributed by atoms with Gasteiger partial charge in [-0.25, -0.2) is 0 Å². The quantitative estimate of drug-likeness (QED) is 0.443. The first-order chi connectivity index (χ1) is 5.81. The summed E-state index contributed by atoms with van der Waals surface area (Å²) >= 11 is 6.90. The Kier molecular flexibility index (Phi) is 16.3. The second-order valence-electron chi connectivity index (χ2n) is 2.77. The van der Waals surface area contributed by atoms with Gasteiger partial charge >= 0.3 is 0 Å². The Hall–Kier alpha value is 0.954. The van der Waals surface area contributed by atoms with E-state index in [9.17, 15) is 0 Å². The first-order valence-electron chi connectivity index (χ1n) is 4.71. The van der Waals surface area contributed by atoms with E-state index >= 15 is 0 Å². The smallest absolute Gasteiger partial charge is 0.133 e. The molecule has 0 aromatic rings. The Bertz CT molecular complexity index is 108. The molecule has 0 bridgehead atoms. The molecule has 0 aromatic heterocycles. The molecule has 0 saturated carbocycles. The summed E-state index contributed by atoms with van der Waals surface area (Å²) < 4.78 is 0.969. The Morgan fingerprint density at radius 2 is 1.85 bits per heavy atom. The average molecular weight is 253 g/mol. The van der Waals surface area contributed by atoms with Crippen LogP contribution in [0.1, 0.15) is 39.5 Å². The van der Waals surface area contributed by atoms with Gasteiger partial charge in [0.1, 0.15) is 4.32 Å². The number of hydrogen-bond acceptors (Lipinski definition) is 2.